The van der Waals surface area contributed by atoms with E-state index in [1.54, 1.807) is 0 Å². The van der Waals surface area contributed by atoms with Gasteiger partial charge in [0.2, 0.25) is 0 Å². The molecule has 96 valence electrons. The molecule has 0 saturated carbocycles. The van der Waals surface area contributed by atoms with E-state index in [2.05, 4.69) is 18.3 Å². The van der Waals surface area contributed by atoms with Crippen LogP contribution in [0.15, 0.2) is 24.3 Å². The molecule has 17 heavy (non-hydrogen) atoms. The molecule has 4 nitrogen and oxygen atoms in total. The second-order valence-electron chi connectivity index (χ2n) is 3.61. The molecule has 0 amide bonds. The van der Waals surface area contributed by atoms with Crippen LogP contribution in [0.5, 0.6) is 5.75 Å². The van der Waals surface area contributed by atoms with Crippen LogP contribution in [0.1, 0.15) is 12.5 Å². The number of ether oxygens (including phenoxy) is 2. The smallest absolute Gasteiger partial charge is 0.119 e. The fourth-order valence-electron chi connectivity index (χ4n) is 1.40. The Kier molecular flexibility index (Phi) is 7.38. The molecule has 0 fully saturated rings. The number of hydrogen-bond acceptors (Lipinski definition) is 4. The third-order valence-electron chi connectivity index (χ3n) is 2.21. The van der Waals surface area contributed by atoms with Crippen molar-refractivity contribution in [2.75, 3.05) is 33.0 Å². The van der Waals surface area contributed by atoms with Gasteiger partial charge in [0.15, 0.2) is 0 Å². The molecule has 0 atom stereocenters. The lowest BCUT2D eigenvalue weighted by molar-refractivity contribution is 0.0705. The molecule has 1 aromatic carbocycles. The van der Waals surface area contributed by atoms with Gasteiger partial charge in [-0.1, -0.05) is 19.1 Å². The van der Waals surface area contributed by atoms with E-state index >= 15 is 0 Å². The Labute approximate surface area is 103 Å². The standard InChI is InChI=1S/C13H21NO3/c1-2-14-11-12-4-3-5-13(10-12)17-9-8-16-7-6-15/h3-5,10,14-15H,2,6-9,11H2,1H3. The lowest BCUT2D eigenvalue weighted by Crippen LogP contribution is -2.12. The first-order valence-corrected chi connectivity index (χ1v) is 5.98. The summed E-state index contributed by atoms with van der Waals surface area (Å²) in [7, 11) is 0. The highest BCUT2D eigenvalue weighted by molar-refractivity contribution is 5.28. The van der Waals surface area contributed by atoms with E-state index in [9.17, 15) is 0 Å². The minimum absolute atomic E-state index is 0.0537. The number of hydrogen-bond donors (Lipinski definition) is 2. The Morgan fingerprint density at radius 2 is 2.12 bits per heavy atom. The monoisotopic (exact) mass is 239 g/mol. The Bertz CT molecular complexity index is 304. The van der Waals surface area contributed by atoms with Crippen molar-refractivity contribution in [2.24, 2.45) is 0 Å². The Morgan fingerprint density at radius 3 is 2.88 bits per heavy atom. The maximum Gasteiger partial charge on any atom is 0.119 e. The van der Waals surface area contributed by atoms with E-state index in [4.69, 9.17) is 14.6 Å². The van der Waals surface area contributed by atoms with E-state index in [0.717, 1.165) is 18.8 Å². The highest BCUT2D eigenvalue weighted by atomic mass is 16.5. The van der Waals surface area contributed by atoms with Gasteiger partial charge >= 0.3 is 0 Å². The quantitative estimate of drug-likeness (QED) is 0.635. The first-order valence-electron chi connectivity index (χ1n) is 5.98. The topological polar surface area (TPSA) is 50.7 Å². The molecule has 0 aliphatic carbocycles. The van der Waals surface area contributed by atoms with E-state index in [1.165, 1.54) is 5.56 Å². The van der Waals surface area contributed by atoms with E-state index in [1.807, 2.05) is 18.2 Å². The number of aliphatic hydroxyl groups excluding tert-OH is 1. The molecule has 1 rings (SSSR count). The van der Waals surface area contributed by atoms with Crippen molar-refractivity contribution in [3.05, 3.63) is 29.8 Å². The van der Waals surface area contributed by atoms with Crippen molar-refractivity contribution in [1.29, 1.82) is 0 Å². The summed E-state index contributed by atoms with van der Waals surface area (Å²) in [5.41, 5.74) is 1.21. The molecule has 0 aliphatic heterocycles. The molecular weight excluding hydrogens is 218 g/mol. The number of rotatable bonds is 9. The minimum Gasteiger partial charge on any atom is -0.491 e. The van der Waals surface area contributed by atoms with Gasteiger partial charge in [-0.3, -0.25) is 0 Å². The molecule has 1 aromatic rings. The van der Waals surface area contributed by atoms with Gasteiger partial charge in [0.1, 0.15) is 12.4 Å². The van der Waals surface area contributed by atoms with Gasteiger partial charge in [-0.25, -0.2) is 0 Å². The molecule has 0 spiro atoms. The summed E-state index contributed by atoms with van der Waals surface area (Å²) >= 11 is 0. The van der Waals surface area contributed by atoms with Crippen molar-refractivity contribution in [1.82, 2.24) is 5.32 Å². The molecule has 0 bridgehead atoms. The van der Waals surface area contributed by atoms with Crippen LogP contribution >= 0.6 is 0 Å². The van der Waals surface area contributed by atoms with Crippen molar-refractivity contribution < 1.29 is 14.6 Å². The summed E-state index contributed by atoms with van der Waals surface area (Å²) in [5.74, 6) is 0.855. The molecule has 0 aliphatic rings. The summed E-state index contributed by atoms with van der Waals surface area (Å²) in [6.07, 6.45) is 0. The zero-order chi connectivity index (χ0) is 12.3. The zero-order valence-corrected chi connectivity index (χ0v) is 10.3. The summed E-state index contributed by atoms with van der Waals surface area (Å²) in [5, 5.41) is 11.8. The number of nitrogens with one attached hydrogen (secondary N) is 1. The van der Waals surface area contributed by atoms with Gasteiger partial charge in [0.25, 0.3) is 0 Å². The normalized spacial score (nSPS) is 10.5. The molecule has 0 radical (unpaired) electrons. The molecule has 0 aromatic heterocycles. The lowest BCUT2D eigenvalue weighted by Gasteiger charge is -2.08. The van der Waals surface area contributed by atoms with Crippen LogP contribution in [0.2, 0.25) is 0 Å². The predicted molar refractivity (Wildman–Crippen MR) is 67.2 cm³/mol. The molecule has 4 heteroatoms. The Hall–Kier alpha value is -1.10. The molecule has 0 heterocycles. The highest BCUT2D eigenvalue weighted by Gasteiger charge is 1.96. The van der Waals surface area contributed by atoms with Crippen LogP contribution in [0, 0.1) is 0 Å². The van der Waals surface area contributed by atoms with Crippen LogP contribution in [0.3, 0.4) is 0 Å². The fourth-order valence-corrected chi connectivity index (χ4v) is 1.40. The first kappa shape index (κ1) is 14.0. The summed E-state index contributed by atoms with van der Waals surface area (Å²) < 4.78 is 10.7. The third-order valence-corrected chi connectivity index (χ3v) is 2.21. The third kappa shape index (κ3) is 6.26. The predicted octanol–water partition coefficient (Wildman–Crippen LogP) is 1.18. The van der Waals surface area contributed by atoms with Gasteiger partial charge in [0, 0.05) is 6.54 Å². The van der Waals surface area contributed by atoms with Gasteiger partial charge in [-0.15, -0.1) is 0 Å². The van der Waals surface area contributed by atoms with Crippen LogP contribution < -0.4 is 10.1 Å². The average Bonchev–Trinajstić information content (AvgIpc) is 2.37. The Balaban J connectivity index is 2.27. The summed E-state index contributed by atoms with van der Waals surface area (Å²) in [6.45, 7) is 5.32. The van der Waals surface area contributed by atoms with Gasteiger partial charge in [-0.05, 0) is 24.2 Å². The molecule has 0 saturated heterocycles. The van der Waals surface area contributed by atoms with E-state index < -0.39 is 0 Å². The average molecular weight is 239 g/mol. The molecule has 0 unspecified atom stereocenters. The number of aliphatic hydroxyl groups is 1. The molecule has 2 N–H and O–H groups in total. The van der Waals surface area contributed by atoms with Crippen LogP contribution in [-0.2, 0) is 11.3 Å². The van der Waals surface area contributed by atoms with Crippen molar-refractivity contribution in [2.45, 2.75) is 13.5 Å². The largest absolute Gasteiger partial charge is 0.491 e. The van der Waals surface area contributed by atoms with Gasteiger partial charge in [0.05, 0.1) is 19.8 Å². The van der Waals surface area contributed by atoms with Gasteiger partial charge in [-0.2, -0.15) is 0 Å². The maximum atomic E-state index is 8.53. The van der Waals surface area contributed by atoms with Crippen LogP contribution in [0.4, 0.5) is 0 Å². The second-order valence-corrected chi connectivity index (χ2v) is 3.61. The van der Waals surface area contributed by atoms with E-state index in [-0.39, 0.29) is 6.61 Å². The van der Waals surface area contributed by atoms with Crippen LogP contribution in [0.25, 0.3) is 0 Å². The first-order chi connectivity index (χ1) is 8.36. The zero-order valence-electron chi connectivity index (χ0n) is 10.3. The fraction of sp³-hybridized carbons (Fsp3) is 0.538. The summed E-state index contributed by atoms with van der Waals surface area (Å²) in [6, 6.07) is 8.00. The summed E-state index contributed by atoms with van der Waals surface area (Å²) in [4.78, 5) is 0. The second kappa shape index (κ2) is 8.98. The van der Waals surface area contributed by atoms with Crippen molar-refractivity contribution in [3.8, 4) is 5.75 Å². The van der Waals surface area contributed by atoms with Crippen molar-refractivity contribution >= 4 is 0 Å². The SMILES string of the molecule is CCNCc1cccc(OCCOCCO)c1. The van der Waals surface area contributed by atoms with E-state index in [0.29, 0.717) is 19.8 Å². The Morgan fingerprint density at radius 1 is 1.24 bits per heavy atom. The maximum absolute atomic E-state index is 8.53. The lowest BCUT2D eigenvalue weighted by atomic mass is 10.2. The molecular formula is C13H21NO3. The number of benzene rings is 1. The highest BCUT2D eigenvalue weighted by Crippen LogP contribution is 2.12. The van der Waals surface area contributed by atoms with Gasteiger partial charge < -0.3 is 19.9 Å². The minimum atomic E-state index is 0.0537. The van der Waals surface area contributed by atoms with Crippen molar-refractivity contribution in [3.63, 3.8) is 0 Å². The van der Waals surface area contributed by atoms with Crippen LogP contribution in [-0.4, -0.2) is 38.1 Å².